The highest BCUT2D eigenvalue weighted by atomic mass is 15.1. The summed E-state index contributed by atoms with van der Waals surface area (Å²) >= 11 is 0. The third kappa shape index (κ3) is 3.25. The van der Waals surface area contributed by atoms with Gasteiger partial charge >= 0.3 is 0 Å². The second kappa shape index (κ2) is 3.25. The largest absolute Gasteiger partial charge is 0.315 e. The molecule has 0 amide bonds. The topological polar surface area (TPSA) is 38.4 Å². The molecular formula is C3H6N2. The van der Waals surface area contributed by atoms with Gasteiger partial charge in [-0.2, -0.15) is 0 Å². The molecular weight excluding hydrogens is 64.0 g/mol. The molecule has 0 atom stereocenters. The highest BCUT2D eigenvalue weighted by Gasteiger charge is 1.35. The van der Waals surface area contributed by atoms with Crippen molar-refractivity contribution in [2.24, 2.45) is 10.9 Å². The highest BCUT2D eigenvalue weighted by Crippen LogP contribution is 1.41. The average Bonchev–Trinajstić information content (AvgIpc) is 1.41. The molecule has 2 heteroatoms. The van der Waals surface area contributed by atoms with E-state index in [2.05, 4.69) is 16.8 Å². The summed E-state index contributed by atoms with van der Waals surface area (Å²) in [6, 6.07) is 0. The van der Waals surface area contributed by atoms with E-state index >= 15 is 0 Å². The lowest BCUT2D eigenvalue weighted by molar-refractivity contribution is 1.27. The van der Waals surface area contributed by atoms with E-state index in [4.69, 9.17) is 0 Å². The molecule has 0 unspecified atom stereocenters. The van der Waals surface area contributed by atoms with Crippen LogP contribution in [-0.4, -0.2) is 5.87 Å². The number of allylic oxidation sites excluding steroid dienone is 1. The minimum atomic E-state index is 1.64. The number of hydrogen-bond donors (Lipinski definition) is 1. The van der Waals surface area contributed by atoms with Gasteiger partial charge in [-0.05, 0) is 13.0 Å². The van der Waals surface area contributed by atoms with Crippen LogP contribution in [0.15, 0.2) is 11.2 Å². The number of rotatable bonds is 0. The fourth-order valence-corrected chi connectivity index (χ4v) is 0.0745. The summed E-state index contributed by atoms with van der Waals surface area (Å²) < 4.78 is 0. The van der Waals surface area contributed by atoms with Crippen LogP contribution in [0.2, 0.25) is 0 Å². The van der Waals surface area contributed by atoms with Crippen molar-refractivity contribution < 1.29 is 0 Å². The van der Waals surface area contributed by atoms with Crippen molar-refractivity contribution in [1.29, 1.82) is 0 Å². The van der Waals surface area contributed by atoms with E-state index in [1.54, 1.807) is 13.0 Å². The van der Waals surface area contributed by atoms with Crippen molar-refractivity contribution in [2.75, 3.05) is 0 Å². The Hall–Kier alpha value is -0.750. The van der Waals surface area contributed by atoms with E-state index in [1.165, 1.54) is 0 Å². The maximum Gasteiger partial charge on any atom is 0.00296 e. The van der Waals surface area contributed by atoms with E-state index < -0.39 is 0 Å². The Morgan fingerprint density at radius 1 is 2.00 bits per heavy atom. The van der Waals surface area contributed by atoms with E-state index in [-0.39, 0.29) is 0 Å². The zero-order valence-electron chi connectivity index (χ0n) is 3.10. The Morgan fingerprint density at radius 2 is 2.60 bits per heavy atom. The van der Waals surface area contributed by atoms with Crippen LogP contribution in [0, 0.1) is 0 Å². The first-order chi connectivity index (χ1) is 2.41. The summed E-state index contributed by atoms with van der Waals surface area (Å²) in [6.07, 6.45) is 1.64. The molecule has 0 aliphatic heterocycles. The molecule has 0 heterocycles. The lowest BCUT2D eigenvalue weighted by Crippen LogP contribution is -1.72. The molecule has 0 aromatic heterocycles. The van der Waals surface area contributed by atoms with Crippen LogP contribution < -0.4 is 5.84 Å². The van der Waals surface area contributed by atoms with Crippen LogP contribution in [-0.2, 0) is 0 Å². The smallest absolute Gasteiger partial charge is 0.00296 e. The second-order valence-corrected chi connectivity index (χ2v) is 0.547. The zero-order valence-corrected chi connectivity index (χ0v) is 3.10. The van der Waals surface area contributed by atoms with Gasteiger partial charge in [-0.25, -0.2) is 0 Å². The van der Waals surface area contributed by atoms with Gasteiger partial charge in [-0.15, -0.1) is 5.10 Å². The molecule has 5 heavy (non-hydrogen) atoms. The minimum absolute atomic E-state index is 1.64. The quantitative estimate of drug-likeness (QED) is 0.245. The maximum absolute atomic E-state index is 4.62. The molecule has 2 nitrogen and oxygen atoms in total. The van der Waals surface area contributed by atoms with Gasteiger partial charge in [0.15, 0.2) is 0 Å². The van der Waals surface area contributed by atoms with Crippen LogP contribution >= 0.6 is 0 Å². The first kappa shape index (κ1) is 4.25. The Labute approximate surface area is 31.0 Å². The van der Waals surface area contributed by atoms with Crippen LogP contribution in [0.25, 0.3) is 0 Å². The van der Waals surface area contributed by atoms with Crippen molar-refractivity contribution in [3.8, 4) is 0 Å². The van der Waals surface area contributed by atoms with Crippen molar-refractivity contribution in [3.05, 3.63) is 6.08 Å². The van der Waals surface area contributed by atoms with Gasteiger partial charge in [-0.1, -0.05) is 0 Å². The predicted molar refractivity (Wildman–Crippen MR) is 21.9 cm³/mol. The summed E-state index contributed by atoms with van der Waals surface area (Å²) in [6.45, 7) is 1.80. The Morgan fingerprint density at radius 3 is 2.60 bits per heavy atom. The van der Waals surface area contributed by atoms with E-state index in [9.17, 15) is 0 Å². The zero-order chi connectivity index (χ0) is 4.12. The van der Waals surface area contributed by atoms with Gasteiger partial charge in [0.2, 0.25) is 0 Å². The summed E-state index contributed by atoms with van der Waals surface area (Å²) in [7, 11) is 0. The molecule has 0 aromatic carbocycles. The van der Waals surface area contributed by atoms with Crippen LogP contribution in [0.3, 0.4) is 0 Å². The minimum Gasteiger partial charge on any atom is -0.315 e. The molecule has 28 valence electrons. The van der Waals surface area contributed by atoms with Gasteiger partial charge in [0.1, 0.15) is 0 Å². The normalized spacial score (nSPS) is 5.00. The second-order valence-electron chi connectivity index (χ2n) is 0.547. The van der Waals surface area contributed by atoms with Gasteiger partial charge in [0.25, 0.3) is 0 Å². The van der Waals surface area contributed by atoms with E-state index in [0.717, 1.165) is 0 Å². The summed E-state index contributed by atoms with van der Waals surface area (Å²) in [5.74, 6) is 7.01. The fraction of sp³-hybridized carbons (Fsp3) is 0.333. The van der Waals surface area contributed by atoms with Crippen LogP contribution in [0.1, 0.15) is 6.92 Å². The first-order valence-electron chi connectivity index (χ1n) is 1.35. The molecule has 2 N–H and O–H groups in total. The maximum atomic E-state index is 4.62. The third-order valence-corrected chi connectivity index (χ3v) is 0.204. The molecule has 0 aliphatic carbocycles. The molecule has 0 saturated heterocycles. The monoisotopic (exact) mass is 70.1 g/mol. The third-order valence-electron chi connectivity index (χ3n) is 0.204. The van der Waals surface area contributed by atoms with Crippen molar-refractivity contribution in [1.82, 2.24) is 0 Å². The molecule has 0 fully saturated rings. The van der Waals surface area contributed by atoms with E-state index in [0.29, 0.717) is 0 Å². The van der Waals surface area contributed by atoms with Crippen molar-refractivity contribution >= 4 is 5.87 Å². The SMILES string of the molecule is CC=C=NN. The van der Waals surface area contributed by atoms with Gasteiger partial charge in [0.05, 0.1) is 0 Å². The van der Waals surface area contributed by atoms with Gasteiger partial charge in [0, 0.05) is 5.87 Å². The Kier molecular flexibility index (Phi) is 2.76. The van der Waals surface area contributed by atoms with E-state index in [1.807, 2.05) is 0 Å². The summed E-state index contributed by atoms with van der Waals surface area (Å²) in [5.41, 5.74) is 0. The standard InChI is InChI=1S/C3H6N2/c1-2-3-5-4/h2H,4H2,1H3. The summed E-state index contributed by atoms with van der Waals surface area (Å²) in [5, 5.41) is 3.05. The molecule has 0 spiro atoms. The van der Waals surface area contributed by atoms with Gasteiger partial charge < -0.3 is 5.84 Å². The molecule has 0 radical (unpaired) electrons. The lowest BCUT2D eigenvalue weighted by atomic mass is 10.8. The average molecular weight is 70.1 g/mol. The number of nitrogens with two attached hydrogens (primary N) is 1. The molecule has 0 aliphatic rings. The molecule has 0 rings (SSSR count). The number of nitrogens with zero attached hydrogens (tertiary/aromatic N) is 1. The van der Waals surface area contributed by atoms with Crippen LogP contribution in [0.4, 0.5) is 0 Å². The highest BCUT2D eigenvalue weighted by molar-refractivity contribution is 5.49. The molecule has 0 bridgehead atoms. The van der Waals surface area contributed by atoms with Gasteiger partial charge in [-0.3, -0.25) is 0 Å². The number of hydrazone groups is 1. The molecule has 0 saturated carbocycles. The van der Waals surface area contributed by atoms with Crippen molar-refractivity contribution in [3.63, 3.8) is 0 Å². The predicted octanol–water partition coefficient (Wildman–Crippen LogP) is 0.106. The van der Waals surface area contributed by atoms with Crippen LogP contribution in [0.5, 0.6) is 0 Å². The lowest BCUT2D eigenvalue weighted by Gasteiger charge is -1.52. The fourth-order valence-electron chi connectivity index (χ4n) is 0.0745. The van der Waals surface area contributed by atoms with Crippen molar-refractivity contribution in [2.45, 2.75) is 6.92 Å². The Balaban J connectivity index is 3.26. The first-order valence-corrected chi connectivity index (χ1v) is 1.35. The summed E-state index contributed by atoms with van der Waals surface area (Å²) in [4.78, 5) is 0. The Bertz CT molecular complexity index is 53.3. The number of hydrogen-bond acceptors (Lipinski definition) is 2. The molecule has 0 aromatic rings.